The fraction of sp³-hybridized carbons (Fsp3) is 0.625. The minimum Gasteiger partial charge on any atom is -0.364 e. The highest BCUT2D eigenvalue weighted by molar-refractivity contribution is 5.49. The first-order valence-corrected chi connectivity index (χ1v) is 7.40. The molecule has 3 heteroatoms. The molecule has 1 saturated heterocycles. The van der Waals surface area contributed by atoms with Gasteiger partial charge in [0.15, 0.2) is 0 Å². The van der Waals surface area contributed by atoms with Crippen molar-refractivity contribution in [3.8, 4) is 0 Å². The van der Waals surface area contributed by atoms with Crippen LogP contribution in [-0.4, -0.2) is 42.7 Å². The van der Waals surface area contributed by atoms with Crippen LogP contribution in [0.4, 0.5) is 5.69 Å². The largest absolute Gasteiger partial charge is 0.364 e. The molecule has 3 nitrogen and oxygen atoms in total. The van der Waals surface area contributed by atoms with Crippen LogP contribution in [0.15, 0.2) is 30.3 Å². The number of nitrogens with two attached hydrogens (primary N) is 1. The molecule has 1 atom stereocenters. The highest BCUT2D eigenvalue weighted by Crippen LogP contribution is 2.32. The summed E-state index contributed by atoms with van der Waals surface area (Å²) in [5.41, 5.74) is 7.57. The lowest BCUT2D eigenvalue weighted by atomic mass is 9.95. The van der Waals surface area contributed by atoms with Crippen LogP contribution in [0.25, 0.3) is 0 Å². The Balaban J connectivity index is 2.25. The molecule has 2 N–H and O–H groups in total. The zero-order valence-electron chi connectivity index (χ0n) is 12.5. The van der Waals surface area contributed by atoms with Gasteiger partial charge in [-0.05, 0) is 39.3 Å². The van der Waals surface area contributed by atoms with Crippen LogP contribution in [0, 0.1) is 0 Å². The summed E-state index contributed by atoms with van der Waals surface area (Å²) < 4.78 is 0. The Hall–Kier alpha value is -1.06. The third-order valence-electron chi connectivity index (χ3n) is 4.43. The van der Waals surface area contributed by atoms with E-state index < -0.39 is 0 Å². The van der Waals surface area contributed by atoms with Crippen LogP contribution in [0.1, 0.15) is 27.2 Å². The maximum Gasteiger partial charge on any atom is 0.0662 e. The average molecular weight is 261 g/mol. The first-order valence-electron chi connectivity index (χ1n) is 7.40. The smallest absolute Gasteiger partial charge is 0.0662 e. The van der Waals surface area contributed by atoms with Crippen LogP contribution in [-0.2, 0) is 0 Å². The molecule has 19 heavy (non-hydrogen) atoms. The van der Waals surface area contributed by atoms with E-state index >= 15 is 0 Å². The van der Waals surface area contributed by atoms with E-state index in [9.17, 15) is 0 Å². The normalized spacial score (nSPS) is 24.1. The molecule has 0 spiro atoms. The third kappa shape index (κ3) is 2.77. The zero-order chi connectivity index (χ0) is 13.9. The van der Waals surface area contributed by atoms with Gasteiger partial charge in [0.05, 0.1) is 5.54 Å². The third-order valence-corrected chi connectivity index (χ3v) is 4.43. The molecule has 1 fully saturated rings. The van der Waals surface area contributed by atoms with Crippen molar-refractivity contribution in [3.05, 3.63) is 30.3 Å². The summed E-state index contributed by atoms with van der Waals surface area (Å²) in [6, 6.07) is 11.3. The fourth-order valence-electron chi connectivity index (χ4n) is 3.23. The first-order chi connectivity index (χ1) is 9.13. The summed E-state index contributed by atoms with van der Waals surface area (Å²) in [6.45, 7) is 10.7. The summed E-state index contributed by atoms with van der Waals surface area (Å²) in [7, 11) is 0. The molecule has 1 unspecified atom stereocenters. The van der Waals surface area contributed by atoms with Crippen LogP contribution >= 0.6 is 0 Å². The molecule has 1 aromatic carbocycles. The second kappa shape index (κ2) is 5.93. The number of para-hydroxylation sites is 1. The Morgan fingerprint density at radius 1 is 1.32 bits per heavy atom. The lowest BCUT2D eigenvalue weighted by molar-refractivity contribution is 0.254. The van der Waals surface area contributed by atoms with Crippen molar-refractivity contribution in [1.82, 2.24) is 4.90 Å². The topological polar surface area (TPSA) is 32.5 Å². The predicted molar refractivity (Wildman–Crippen MR) is 82.6 cm³/mol. The van der Waals surface area contributed by atoms with E-state index in [1.54, 1.807) is 0 Å². The highest BCUT2D eigenvalue weighted by Gasteiger charge is 2.42. The number of nitrogens with zero attached hydrogens (tertiary/aromatic N) is 2. The number of hydrogen-bond donors (Lipinski definition) is 1. The van der Waals surface area contributed by atoms with Crippen LogP contribution in [0.2, 0.25) is 0 Å². The van der Waals surface area contributed by atoms with Crippen molar-refractivity contribution in [2.45, 2.75) is 38.8 Å². The molecule has 0 radical (unpaired) electrons. The molecule has 1 aliphatic rings. The van der Waals surface area contributed by atoms with Gasteiger partial charge in [0.2, 0.25) is 0 Å². The van der Waals surface area contributed by atoms with E-state index in [2.05, 4.69) is 60.9 Å². The number of hydrogen-bond acceptors (Lipinski definition) is 3. The van der Waals surface area contributed by atoms with E-state index in [0.717, 1.165) is 32.6 Å². The Morgan fingerprint density at radius 3 is 2.47 bits per heavy atom. The van der Waals surface area contributed by atoms with Gasteiger partial charge in [0.25, 0.3) is 0 Å². The van der Waals surface area contributed by atoms with Crippen LogP contribution in [0.5, 0.6) is 0 Å². The summed E-state index contributed by atoms with van der Waals surface area (Å²) in [5, 5.41) is 0. The van der Waals surface area contributed by atoms with Gasteiger partial charge >= 0.3 is 0 Å². The number of likely N-dealkylation sites (tertiary alicyclic amines) is 1. The van der Waals surface area contributed by atoms with Gasteiger partial charge in [-0.3, -0.25) is 4.90 Å². The van der Waals surface area contributed by atoms with E-state index in [1.807, 2.05) is 0 Å². The van der Waals surface area contributed by atoms with Crippen molar-refractivity contribution in [2.75, 3.05) is 31.1 Å². The second-order valence-electron chi connectivity index (χ2n) is 5.82. The van der Waals surface area contributed by atoms with Crippen molar-refractivity contribution < 1.29 is 0 Å². The molecule has 1 aromatic rings. The summed E-state index contributed by atoms with van der Waals surface area (Å²) in [4.78, 5) is 5.04. The lowest BCUT2D eigenvalue weighted by Gasteiger charge is -2.42. The van der Waals surface area contributed by atoms with Gasteiger partial charge in [-0.2, -0.15) is 0 Å². The summed E-state index contributed by atoms with van der Waals surface area (Å²) >= 11 is 0. The van der Waals surface area contributed by atoms with Gasteiger partial charge in [-0.15, -0.1) is 0 Å². The number of anilines is 1. The first kappa shape index (κ1) is 14.4. The molecule has 1 heterocycles. The number of rotatable bonds is 5. The zero-order valence-corrected chi connectivity index (χ0v) is 12.5. The van der Waals surface area contributed by atoms with E-state index in [0.29, 0.717) is 6.04 Å². The lowest BCUT2D eigenvalue weighted by Crippen LogP contribution is -2.56. The fourth-order valence-corrected chi connectivity index (χ4v) is 3.23. The molecule has 1 aliphatic heterocycles. The predicted octanol–water partition coefficient (Wildman–Crippen LogP) is 2.32. The van der Waals surface area contributed by atoms with Crippen LogP contribution < -0.4 is 10.6 Å². The van der Waals surface area contributed by atoms with Crippen molar-refractivity contribution in [2.24, 2.45) is 5.73 Å². The minimum atomic E-state index is 0.0976. The maximum absolute atomic E-state index is 6.18. The molecule has 0 saturated carbocycles. The van der Waals surface area contributed by atoms with E-state index in [-0.39, 0.29) is 5.54 Å². The van der Waals surface area contributed by atoms with Crippen LogP contribution in [0.3, 0.4) is 0 Å². The second-order valence-corrected chi connectivity index (χ2v) is 5.82. The van der Waals surface area contributed by atoms with Gasteiger partial charge in [0.1, 0.15) is 0 Å². The molecular weight excluding hydrogens is 234 g/mol. The molecule has 2 rings (SSSR count). The Morgan fingerprint density at radius 2 is 2.00 bits per heavy atom. The Labute approximate surface area is 117 Å². The maximum atomic E-state index is 6.18. The van der Waals surface area contributed by atoms with Gasteiger partial charge in [0, 0.05) is 37.9 Å². The summed E-state index contributed by atoms with van der Waals surface area (Å²) in [6.07, 6.45) is 1.16. The summed E-state index contributed by atoms with van der Waals surface area (Å²) in [5.74, 6) is 0. The van der Waals surface area contributed by atoms with E-state index in [4.69, 9.17) is 5.73 Å². The average Bonchev–Trinajstić information content (AvgIpc) is 2.87. The Kier molecular flexibility index (Phi) is 4.48. The molecular formula is C16H27N3. The van der Waals surface area contributed by atoms with Gasteiger partial charge < -0.3 is 10.6 Å². The Bertz CT molecular complexity index is 390. The number of likely N-dealkylation sites (N-methyl/N-ethyl adjacent to an activating group) is 1. The van der Waals surface area contributed by atoms with Crippen molar-refractivity contribution >= 4 is 5.69 Å². The van der Waals surface area contributed by atoms with Crippen molar-refractivity contribution in [1.29, 1.82) is 0 Å². The monoisotopic (exact) mass is 261 g/mol. The quantitative estimate of drug-likeness (QED) is 0.883. The number of benzene rings is 1. The van der Waals surface area contributed by atoms with Crippen molar-refractivity contribution in [3.63, 3.8) is 0 Å². The van der Waals surface area contributed by atoms with Gasteiger partial charge in [-0.25, -0.2) is 0 Å². The molecule has 106 valence electrons. The van der Waals surface area contributed by atoms with E-state index in [1.165, 1.54) is 5.69 Å². The van der Waals surface area contributed by atoms with Gasteiger partial charge in [-0.1, -0.05) is 18.2 Å². The molecule has 0 amide bonds. The molecule has 0 bridgehead atoms. The molecule has 0 aliphatic carbocycles. The standard InChI is InChI=1S/C16H27N3/c1-4-19(15-8-6-5-7-9-15)16(12-17)10-11-18(13-16)14(2)3/h5-9,14H,4,10-13,17H2,1-3H3. The minimum absolute atomic E-state index is 0.0976. The highest BCUT2D eigenvalue weighted by atomic mass is 15.3. The molecule has 0 aromatic heterocycles. The SMILES string of the molecule is CCN(c1ccccc1)C1(CN)CCN(C(C)C)C1.